The number of aryl methyl sites for hydroxylation is 2. The van der Waals surface area contributed by atoms with Crippen LogP contribution in [0.5, 0.6) is 0 Å². The predicted octanol–water partition coefficient (Wildman–Crippen LogP) is 5.71. The van der Waals surface area contributed by atoms with E-state index in [-0.39, 0.29) is 35.8 Å². The number of pyridine rings is 2. The Morgan fingerprint density at radius 1 is 0.836 bits per heavy atom. The molecule has 12 nitrogen and oxygen atoms in total. The molecule has 12 heteroatoms. The third-order valence-electron chi connectivity index (χ3n) is 10.5. The number of amides is 2. The third kappa shape index (κ3) is 9.21. The molecule has 2 aromatic carbocycles. The fourth-order valence-corrected chi connectivity index (χ4v) is 7.86. The largest absolute Gasteiger partial charge is 0.381 e. The molecule has 2 saturated heterocycles. The van der Waals surface area contributed by atoms with Crippen LogP contribution >= 0.6 is 0 Å². The van der Waals surface area contributed by atoms with Gasteiger partial charge in [0.1, 0.15) is 11.4 Å². The number of aromatic nitrogens is 4. The average molecular weight is 744 g/mol. The van der Waals surface area contributed by atoms with Gasteiger partial charge in [0.2, 0.25) is 0 Å². The van der Waals surface area contributed by atoms with Crippen molar-refractivity contribution in [2.75, 3.05) is 31.6 Å². The molecule has 4 N–H and O–H groups in total. The number of carbonyl (C=O) groups is 2. The maximum atomic E-state index is 13.5. The molecule has 0 spiro atoms. The van der Waals surface area contributed by atoms with E-state index >= 15 is 0 Å². The summed E-state index contributed by atoms with van der Waals surface area (Å²) in [7, 11) is 0. The van der Waals surface area contributed by atoms with E-state index in [1.54, 1.807) is 18.2 Å². The summed E-state index contributed by atoms with van der Waals surface area (Å²) in [5.41, 5.74) is 8.46. The minimum absolute atomic E-state index is 0.170. The normalized spacial score (nSPS) is 18.0. The maximum absolute atomic E-state index is 13.5. The fourth-order valence-electron chi connectivity index (χ4n) is 7.86. The number of piperazine rings is 1. The lowest BCUT2D eigenvalue weighted by Crippen LogP contribution is -2.53. The average Bonchev–Trinajstić information content (AvgIpc) is 3.62. The van der Waals surface area contributed by atoms with Crippen LogP contribution in [0.15, 0.2) is 72.9 Å². The van der Waals surface area contributed by atoms with E-state index in [2.05, 4.69) is 100 Å². The van der Waals surface area contributed by atoms with E-state index in [1.165, 1.54) is 5.56 Å². The quantitative estimate of drug-likeness (QED) is 0.120. The van der Waals surface area contributed by atoms with Gasteiger partial charge in [-0.25, -0.2) is 14.6 Å². The SMILES string of the molecule is CCc1nc2c(cnn2CC)c(NC2CCOCC2)c1CNC(=O)c1cccc(C(=O)NCc2cccc(-c3cccc(CN4C[C@@H](C)N[C@@H](C)C4)c3)c2)n1. The molecular weight excluding hydrogens is 691 g/mol. The van der Waals surface area contributed by atoms with Gasteiger partial charge in [-0.3, -0.25) is 14.5 Å². The molecule has 2 fully saturated rings. The van der Waals surface area contributed by atoms with E-state index in [0.717, 1.165) is 77.1 Å². The molecule has 0 radical (unpaired) electrons. The zero-order chi connectivity index (χ0) is 38.3. The maximum Gasteiger partial charge on any atom is 0.270 e. The summed E-state index contributed by atoms with van der Waals surface area (Å²) >= 11 is 0. The van der Waals surface area contributed by atoms with Crippen LogP contribution in [-0.2, 0) is 37.3 Å². The minimum Gasteiger partial charge on any atom is -0.381 e. The number of carbonyl (C=O) groups excluding carboxylic acids is 2. The van der Waals surface area contributed by atoms with Gasteiger partial charge in [0, 0.05) is 81.9 Å². The highest BCUT2D eigenvalue weighted by Crippen LogP contribution is 2.31. The van der Waals surface area contributed by atoms with Gasteiger partial charge >= 0.3 is 0 Å². The fraction of sp³-hybridized carbons (Fsp3) is 0.419. The molecule has 288 valence electrons. The summed E-state index contributed by atoms with van der Waals surface area (Å²) in [4.78, 5) is 38.8. The molecule has 3 aromatic heterocycles. The molecule has 55 heavy (non-hydrogen) atoms. The van der Waals surface area contributed by atoms with Crippen molar-refractivity contribution in [3.63, 3.8) is 0 Å². The van der Waals surface area contributed by atoms with Gasteiger partial charge in [-0.2, -0.15) is 5.10 Å². The number of fused-ring (bicyclic) bond motifs is 1. The molecule has 0 bridgehead atoms. The molecule has 0 unspecified atom stereocenters. The van der Waals surface area contributed by atoms with E-state index < -0.39 is 0 Å². The number of rotatable bonds is 13. The standard InChI is InChI=1S/C43H53N9O3/c1-5-37-35(40(48-34-16-18-55-19-17-34)36-24-46-52(6-2)41(36)50-37)23-45-43(54)39-15-9-14-38(49-39)42(53)44-22-30-10-7-12-32(20-30)33-13-8-11-31(21-33)27-51-25-28(3)47-29(4)26-51/h7-15,20-21,24,28-29,34,47H,5-6,16-19,22-23,25-27H2,1-4H3,(H,44,53)(H,45,54)(H,48,50)/t28-,29+. The molecule has 5 heterocycles. The number of nitrogens with one attached hydrogen (secondary N) is 4. The first-order valence-electron chi connectivity index (χ1n) is 19.7. The van der Waals surface area contributed by atoms with Crippen molar-refractivity contribution in [3.8, 4) is 11.1 Å². The second-order valence-corrected chi connectivity index (χ2v) is 14.8. The van der Waals surface area contributed by atoms with Crippen molar-refractivity contribution in [3.05, 3.63) is 107 Å². The Labute approximate surface area is 323 Å². The Kier molecular flexibility index (Phi) is 12.1. The highest BCUT2D eigenvalue weighted by atomic mass is 16.5. The van der Waals surface area contributed by atoms with Crippen LogP contribution < -0.4 is 21.3 Å². The number of hydrogen-bond acceptors (Lipinski definition) is 9. The van der Waals surface area contributed by atoms with E-state index in [0.29, 0.717) is 44.8 Å². The van der Waals surface area contributed by atoms with Gasteiger partial charge in [-0.05, 0) is 86.6 Å². The minimum atomic E-state index is -0.367. The molecule has 7 rings (SSSR count). The van der Waals surface area contributed by atoms with E-state index in [1.807, 2.05) is 23.0 Å². The number of nitrogens with zero attached hydrogens (tertiary/aromatic N) is 5. The topological polar surface area (TPSA) is 138 Å². The van der Waals surface area contributed by atoms with E-state index in [9.17, 15) is 9.59 Å². The monoisotopic (exact) mass is 743 g/mol. The summed E-state index contributed by atoms with van der Waals surface area (Å²) in [6, 6.07) is 23.1. The highest BCUT2D eigenvalue weighted by Gasteiger charge is 2.23. The van der Waals surface area contributed by atoms with Gasteiger partial charge in [-0.1, -0.05) is 49.4 Å². The number of hydrogen-bond donors (Lipinski definition) is 4. The highest BCUT2D eigenvalue weighted by molar-refractivity contribution is 5.97. The number of benzene rings is 2. The van der Waals surface area contributed by atoms with Gasteiger partial charge in [0.25, 0.3) is 11.8 Å². The Morgan fingerprint density at radius 3 is 2.15 bits per heavy atom. The van der Waals surface area contributed by atoms with Crippen LogP contribution in [0.4, 0.5) is 5.69 Å². The first-order chi connectivity index (χ1) is 26.8. The van der Waals surface area contributed by atoms with Crippen molar-refractivity contribution in [1.29, 1.82) is 0 Å². The predicted molar refractivity (Wildman–Crippen MR) is 216 cm³/mol. The summed E-state index contributed by atoms with van der Waals surface area (Å²) in [5, 5.41) is 18.9. The Balaban J connectivity index is 1.00. The van der Waals surface area contributed by atoms with Gasteiger partial charge in [0.05, 0.1) is 17.3 Å². The van der Waals surface area contributed by atoms with Gasteiger partial charge < -0.3 is 26.0 Å². The third-order valence-corrected chi connectivity index (χ3v) is 10.5. The van der Waals surface area contributed by atoms with Crippen LogP contribution in [0.25, 0.3) is 22.2 Å². The summed E-state index contributed by atoms with van der Waals surface area (Å²) in [6.45, 7) is 14.3. The van der Waals surface area contributed by atoms with Crippen LogP contribution in [0.3, 0.4) is 0 Å². The first-order valence-corrected chi connectivity index (χ1v) is 19.7. The molecular formula is C43H53N9O3. The number of anilines is 1. The van der Waals surface area contributed by atoms with Crippen molar-refractivity contribution in [2.24, 2.45) is 0 Å². The number of ether oxygens (including phenoxy) is 1. The Morgan fingerprint density at radius 2 is 1.47 bits per heavy atom. The smallest absolute Gasteiger partial charge is 0.270 e. The zero-order valence-corrected chi connectivity index (χ0v) is 32.4. The molecule has 2 atom stereocenters. The van der Waals surface area contributed by atoms with Crippen molar-refractivity contribution in [2.45, 2.75) is 91.3 Å². The summed E-state index contributed by atoms with van der Waals surface area (Å²) in [5.74, 6) is -0.714. The first kappa shape index (κ1) is 38.1. The lowest BCUT2D eigenvalue weighted by molar-refractivity contribution is 0.0904. The van der Waals surface area contributed by atoms with Crippen LogP contribution in [0.1, 0.15) is 83.9 Å². The van der Waals surface area contributed by atoms with Gasteiger partial charge in [0.15, 0.2) is 5.65 Å². The molecule has 2 aliphatic heterocycles. The summed E-state index contributed by atoms with van der Waals surface area (Å²) in [6.07, 6.45) is 4.34. The molecule has 0 saturated carbocycles. The van der Waals surface area contributed by atoms with Crippen LogP contribution in [0, 0.1) is 0 Å². The van der Waals surface area contributed by atoms with Crippen molar-refractivity contribution in [1.82, 2.24) is 40.6 Å². The van der Waals surface area contributed by atoms with Gasteiger partial charge in [-0.15, -0.1) is 0 Å². The lowest BCUT2D eigenvalue weighted by atomic mass is 10.0. The van der Waals surface area contributed by atoms with Crippen LogP contribution in [0.2, 0.25) is 0 Å². The lowest BCUT2D eigenvalue weighted by Gasteiger charge is -2.36. The Hall–Kier alpha value is -5.17. The Bertz CT molecular complexity index is 2120. The second kappa shape index (κ2) is 17.5. The molecule has 2 aliphatic rings. The second-order valence-electron chi connectivity index (χ2n) is 14.8. The molecule has 0 aliphatic carbocycles. The molecule has 5 aromatic rings. The van der Waals surface area contributed by atoms with Crippen molar-refractivity contribution < 1.29 is 14.3 Å². The van der Waals surface area contributed by atoms with Crippen LogP contribution in [-0.4, -0.2) is 80.9 Å². The molecule has 2 amide bonds. The summed E-state index contributed by atoms with van der Waals surface area (Å²) < 4.78 is 7.50. The van der Waals surface area contributed by atoms with E-state index in [4.69, 9.17) is 9.72 Å². The van der Waals surface area contributed by atoms with Crippen molar-refractivity contribution >= 4 is 28.5 Å². The zero-order valence-electron chi connectivity index (χ0n) is 32.4.